The number of carbonyl (C=O) groups is 3. The number of anilines is 1. The van der Waals surface area contributed by atoms with Crippen LogP contribution in [0.5, 0.6) is 11.5 Å². The van der Waals surface area contributed by atoms with Crippen LogP contribution in [-0.2, 0) is 9.59 Å². The van der Waals surface area contributed by atoms with Crippen LogP contribution in [-0.4, -0.2) is 29.8 Å². The predicted molar refractivity (Wildman–Crippen MR) is 96.2 cm³/mol. The lowest BCUT2D eigenvalue weighted by Gasteiger charge is -2.13. The number of carbonyl (C=O) groups excluding carboxylic acids is 3. The Hall–Kier alpha value is -3.41. The summed E-state index contributed by atoms with van der Waals surface area (Å²) in [6, 6.07) is 11.0. The van der Waals surface area contributed by atoms with E-state index in [2.05, 4.69) is 0 Å². The number of hydrogen-bond acceptors (Lipinski definition) is 5. The average molecular weight is 351 g/mol. The minimum absolute atomic E-state index is 0.00402. The quantitative estimate of drug-likeness (QED) is 0.520. The Labute approximate surface area is 150 Å². The molecule has 1 heterocycles. The van der Waals surface area contributed by atoms with E-state index in [0.29, 0.717) is 22.4 Å². The van der Waals surface area contributed by atoms with E-state index < -0.39 is 5.91 Å². The first-order valence-electron chi connectivity index (χ1n) is 7.96. The van der Waals surface area contributed by atoms with Crippen molar-refractivity contribution >= 4 is 29.4 Å². The second kappa shape index (κ2) is 6.84. The first-order chi connectivity index (χ1) is 12.4. The van der Waals surface area contributed by atoms with Gasteiger partial charge in [0.2, 0.25) is 5.91 Å². The molecule has 26 heavy (non-hydrogen) atoms. The highest BCUT2D eigenvalue weighted by atomic mass is 16.5. The summed E-state index contributed by atoms with van der Waals surface area (Å²) in [6.45, 7) is 1.45. The van der Waals surface area contributed by atoms with E-state index >= 15 is 0 Å². The molecule has 0 atom stereocenters. The number of nitrogens with zero attached hydrogens (tertiary/aromatic N) is 1. The van der Waals surface area contributed by atoms with Crippen molar-refractivity contribution in [1.82, 2.24) is 0 Å². The van der Waals surface area contributed by atoms with Gasteiger partial charge in [0.25, 0.3) is 5.91 Å². The largest absolute Gasteiger partial charge is 0.504 e. The van der Waals surface area contributed by atoms with Gasteiger partial charge in [-0.1, -0.05) is 6.07 Å². The van der Waals surface area contributed by atoms with Gasteiger partial charge in [-0.3, -0.25) is 14.4 Å². The van der Waals surface area contributed by atoms with Crippen molar-refractivity contribution < 1.29 is 24.2 Å². The molecular weight excluding hydrogens is 334 g/mol. The Morgan fingerprint density at radius 1 is 1.15 bits per heavy atom. The van der Waals surface area contributed by atoms with Gasteiger partial charge in [-0.25, -0.2) is 4.90 Å². The summed E-state index contributed by atoms with van der Waals surface area (Å²) >= 11 is 0. The van der Waals surface area contributed by atoms with Crippen molar-refractivity contribution in [3.8, 4) is 11.5 Å². The van der Waals surface area contributed by atoms with E-state index in [4.69, 9.17) is 4.74 Å². The molecule has 0 bridgehead atoms. The number of ether oxygens (including phenoxy) is 1. The molecule has 2 aromatic carbocycles. The third-order valence-corrected chi connectivity index (χ3v) is 4.15. The third-order valence-electron chi connectivity index (χ3n) is 4.15. The van der Waals surface area contributed by atoms with Crippen LogP contribution in [0.4, 0.5) is 5.69 Å². The zero-order valence-corrected chi connectivity index (χ0v) is 14.4. The van der Waals surface area contributed by atoms with Crippen molar-refractivity contribution in [2.75, 3.05) is 12.0 Å². The van der Waals surface area contributed by atoms with Crippen LogP contribution >= 0.6 is 0 Å². The second-order valence-electron chi connectivity index (χ2n) is 5.92. The van der Waals surface area contributed by atoms with Gasteiger partial charge in [0.1, 0.15) is 0 Å². The van der Waals surface area contributed by atoms with Gasteiger partial charge in [-0.05, 0) is 55.0 Å². The summed E-state index contributed by atoms with van der Waals surface area (Å²) in [6.07, 6.45) is 1.59. The zero-order chi connectivity index (χ0) is 18.8. The number of methoxy groups -OCH3 is 1. The molecule has 132 valence electrons. The molecular formula is C20H17NO5. The molecule has 1 N–H and O–H groups in total. The molecule has 0 saturated carbocycles. The van der Waals surface area contributed by atoms with Gasteiger partial charge in [-0.2, -0.15) is 0 Å². The number of aromatic hydroxyl groups is 1. The van der Waals surface area contributed by atoms with Crippen LogP contribution in [0.15, 0.2) is 48.0 Å². The summed E-state index contributed by atoms with van der Waals surface area (Å²) in [7, 11) is 1.43. The summed E-state index contributed by atoms with van der Waals surface area (Å²) in [4.78, 5) is 37.4. The van der Waals surface area contributed by atoms with E-state index in [1.807, 2.05) is 0 Å². The minimum Gasteiger partial charge on any atom is -0.504 e. The molecule has 0 unspecified atom stereocenters. The Balaban J connectivity index is 1.90. The first kappa shape index (κ1) is 17.4. The molecule has 1 aliphatic heterocycles. The van der Waals surface area contributed by atoms with E-state index in [1.54, 1.807) is 42.5 Å². The van der Waals surface area contributed by atoms with E-state index in [1.165, 1.54) is 20.1 Å². The zero-order valence-electron chi connectivity index (χ0n) is 14.4. The van der Waals surface area contributed by atoms with Gasteiger partial charge in [0, 0.05) is 11.1 Å². The van der Waals surface area contributed by atoms with Crippen molar-refractivity contribution in [3.05, 3.63) is 59.2 Å². The Morgan fingerprint density at radius 2 is 1.85 bits per heavy atom. The Morgan fingerprint density at radius 3 is 2.46 bits per heavy atom. The Kier molecular flexibility index (Phi) is 4.58. The summed E-state index contributed by atoms with van der Waals surface area (Å²) < 4.78 is 5.05. The number of phenols is 1. The highest BCUT2D eigenvalue weighted by molar-refractivity contribution is 6.29. The monoisotopic (exact) mass is 351 g/mol. The highest BCUT2D eigenvalue weighted by Crippen LogP contribution is 2.30. The lowest BCUT2D eigenvalue weighted by molar-refractivity contribution is -0.120. The van der Waals surface area contributed by atoms with Crippen molar-refractivity contribution in [1.29, 1.82) is 0 Å². The topological polar surface area (TPSA) is 83.9 Å². The fraction of sp³-hybridized carbons (Fsp3) is 0.150. The molecule has 2 aromatic rings. The smallest absolute Gasteiger partial charge is 0.261 e. The molecule has 0 radical (unpaired) electrons. The maximum atomic E-state index is 12.7. The fourth-order valence-electron chi connectivity index (χ4n) is 2.78. The number of hydrogen-bond donors (Lipinski definition) is 1. The number of benzene rings is 2. The van der Waals surface area contributed by atoms with Crippen molar-refractivity contribution in [2.24, 2.45) is 0 Å². The van der Waals surface area contributed by atoms with Crippen molar-refractivity contribution in [2.45, 2.75) is 13.3 Å². The van der Waals surface area contributed by atoms with Gasteiger partial charge >= 0.3 is 0 Å². The van der Waals surface area contributed by atoms with Crippen LogP contribution in [0.2, 0.25) is 0 Å². The maximum Gasteiger partial charge on any atom is 0.261 e. The normalized spacial score (nSPS) is 15.6. The van der Waals surface area contributed by atoms with Gasteiger partial charge < -0.3 is 9.84 Å². The number of rotatable bonds is 4. The molecule has 2 amide bonds. The average Bonchev–Trinajstić information content (AvgIpc) is 2.90. The molecule has 1 fully saturated rings. The van der Waals surface area contributed by atoms with Gasteiger partial charge in [0.05, 0.1) is 19.2 Å². The van der Waals surface area contributed by atoms with Gasteiger partial charge in [0.15, 0.2) is 17.3 Å². The number of amides is 2. The van der Waals surface area contributed by atoms with E-state index in [-0.39, 0.29) is 29.6 Å². The maximum absolute atomic E-state index is 12.7. The molecule has 0 spiro atoms. The lowest BCUT2D eigenvalue weighted by atomic mass is 10.1. The number of phenolic OH excluding ortho intramolecular Hbond substituents is 1. The molecule has 1 saturated heterocycles. The van der Waals surface area contributed by atoms with Crippen LogP contribution in [0.3, 0.4) is 0 Å². The number of Topliss-reactive ketones (excluding diaryl/α,β-unsaturated/α-hetero) is 1. The molecule has 3 rings (SSSR count). The third kappa shape index (κ3) is 3.21. The fourth-order valence-corrected chi connectivity index (χ4v) is 2.78. The van der Waals surface area contributed by atoms with Crippen LogP contribution < -0.4 is 9.64 Å². The summed E-state index contributed by atoms with van der Waals surface area (Å²) in [5.41, 5.74) is 1.93. The van der Waals surface area contributed by atoms with Crippen LogP contribution in [0.1, 0.15) is 29.3 Å². The van der Waals surface area contributed by atoms with Crippen molar-refractivity contribution in [3.63, 3.8) is 0 Å². The Bertz CT molecular complexity index is 928. The van der Waals surface area contributed by atoms with E-state index in [9.17, 15) is 19.5 Å². The summed E-state index contributed by atoms with van der Waals surface area (Å²) in [5.74, 6) is -0.541. The molecule has 6 nitrogen and oxygen atoms in total. The predicted octanol–water partition coefficient (Wildman–Crippen LogP) is 2.95. The molecule has 6 heteroatoms. The van der Waals surface area contributed by atoms with Crippen LogP contribution in [0, 0.1) is 0 Å². The van der Waals surface area contributed by atoms with Crippen LogP contribution in [0.25, 0.3) is 6.08 Å². The molecule has 1 aliphatic rings. The lowest BCUT2D eigenvalue weighted by Crippen LogP contribution is -2.28. The number of ketones is 1. The molecule has 0 aliphatic carbocycles. The highest BCUT2D eigenvalue weighted by Gasteiger charge is 2.34. The second-order valence-corrected chi connectivity index (χ2v) is 5.92. The van der Waals surface area contributed by atoms with E-state index in [0.717, 1.165) is 4.90 Å². The number of imide groups is 1. The summed E-state index contributed by atoms with van der Waals surface area (Å²) in [5, 5.41) is 9.64. The minimum atomic E-state index is -0.405. The first-order valence-corrected chi connectivity index (χ1v) is 7.96. The van der Waals surface area contributed by atoms with Gasteiger partial charge in [-0.15, -0.1) is 0 Å². The molecule has 0 aromatic heterocycles. The standard InChI is InChI=1S/C20H17NO5/c1-12(22)14-4-6-16(7-5-14)21-19(24)11-15(20(21)25)9-13-3-8-17(23)18(10-13)26-2/h3-10,23H,11H2,1-2H3/b15-9+. The SMILES string of the molecule is COc1cc(/C=C2\CC(=O)N(c3ccc(C(C)=O)cc3)C2=O)ccc1O.